The van der Waals surface area contributed by atoms with E-state index < -0.39 is 0 Å². The third-order valence-corrected chi connectivity index (χ3v) is 4.95. The highest BCUT2D eigenvalue weighted by atomic mass is 16.5. The molecule has 3 aromatic rings. The normalized spacial score (nSPS) is 14.5. The highest BCUT2D eigenvalue weighted by Crippen LogP contribution is 2.27. The molecule has 3 aromatic heterocycles. The molecule has 4 heterocycles. The second-order valence-corrected chi connectivity index (χ2v) is 6.94. The number of morpholine rings is 1. The number of aliphatic imine (C=N–C) groups is 1. The smallest absolute Gasteiger partial charge is 0.148 e. The average Bonchev–Trinajstić information content (AvgIpc) is 3.10. The maximum absolute atomic E-state index is 5.43. The van der Waals surface area contributed by atoms with Crippen LogP contribution in [-0.2, 0) is 4.74 Å². The van der Waals surface area contributed by atoms with Gasteiger partial charge >= 0.3 is 0 Å². The molecule has 0 aliphatic carbocycles. The fourth-order valence-electron chi connectivity index (χ4n) is 3.36. The van der Waals surface area contributed by atoms with Crippen LogP contribution in [0.1, 0.15) is 17.0 Å². The molecule has 0 unspecified atom stereocenters. The SMILES string of the molecule is C=N/C=C\c1nc(-c2ccc(N3CCOCC3)nc2)n(-c2ccc(C)cn2)c1C. The van der Waals surface area contributed by atoms with E-state index >= 15 is 0 Å². The minimum Gasteiger partial charge on any atom is -0.378 e. The Labute approximate surface area is 170 Å². The molecule has 0 N–H and O–H groups in total. The second-order valence-electron chi connectivity index (χ2n) is 6.94. The molecule has 148 valence electrons. The number of rotatable bonds is 5. The summed E-state index contributed by atoms with van der Waals surface area (Å²) in [7, 11) is 0. The molecule has 29 heavy (non-hydrogen) atoms. The van der Waals surface area contributed by atoms with Gasteiger partial charge in [-0.1, -0.05) is 6.07 Å². The Morgan fingerprint density at radius 1 is 1.03 bits per heavy atom. The van der Waals surface area contributed by atoms with Crippen LogP contribution in [0.25, 0.3) is 23.3 Å². The van der Waals surface area contributed by atoms with Crippen LogP contribution in [0.4, 0.5) is 5.82 Å². The van der Waals surface area contributed by atoms with E-state index in [-0.39, 0.29) is 0 Å². The minimum absolute atomic E-state index is 0.735. The van der Waals surface area contributed by atoms with E-state index in [1.54, 1.807) is 6.20 Å². The Morgan fingerprint density at radius 3 is 2.45 bits per heavy atom. The Kier molecular flexibility index (Phi) is 5.48. The molecule has 0 bridgehead atoms. The van der Waals surface area contributed by atoms with Crippen molar-refractivity contribution in [2.75, 3.05) is 31.2 Å². The number of pyridine rings is 2. The molecule has 1 aliphatic heterocycles. The maximum Gasteiger partial charge on any atom is 0.148 e. The van der Waals surface area contributed by atoms with Crippen molar-refractivity contribution in [1.82, 2.24) is 19.5 Å². The molecule has 0 aromatic carbocycles. The largest absolute Gasteiger partial charge is 0.378 e. The van der Waals surface area contributed by atoms with Gasteiger partial charge in [0.15, 0.2) is 0 Å². The quantitative estimate of drug-likeness (QED) is 0.626. The van der Waals surface area contributed by atoms with Crippen molar-refractivity contribution in [2.45, 2.75) is 13.8 Å². The molecule has 0 saturated carbocycles. The van der Waals surface area contributed by atoms with E-state index in [0.717, 1.165) is 66.3 Å². The lowest BCUT2D eigenvalue weighted by Crippen LogP contribution is -2.36. The van der Waals surface area contributed by atoms with E-state index in [9.17, 15) is 0 Å². The van der Waals surface area contributed by atoms with Crippen LogP contribution in [0.5, 0.6) is 0 Å². The number of imidazole rings is 1. The third-order valence-electron chi connectivity index (χ3n) is 4.95. The highest BCUT2D eigenvalue weighted by Gasteiger charge is 2.18. The van der Waals surface area contributed by atoms with Gasteiger partial charge in [-0.25, -0.2) is 15.0 Å². The number of ether oxygens (including phenoxy) is 1. The molecule has 1 fully saturated rings. The van der Waals surface area contributed by atoms with Crippen LogP contribution in [0.15, 0.2) is 47.9 Å². The van der Waals surface area contributed by atoms with Crippen LogP contribution >= 0.6 is 0 Å². The lowest BCUT2D eigenvalue weighted by atomic mass is 10.2. The van der Waals surface area contributed by atoms with Crippen molar-refractivity contribution in [3.8, 4) is 17.2 Å². The van der Waals surface area contributed by atoms with Crippen molar-refractivity contribution in [3.05, 3.63) is 59.8 Å². The first-order valence-electron chi connectivity index (χ1n) is 9.61. The van der Waals surface area contributed by atoms with Gasteiger partial charge in [0.1, 0.15) is 17.5 Å². The molecule has 0 atom stereocenters. The zero-order valence-corrected chi connectivity index (χ0v) is 16.7. The van der Waals surface area contributed by atoms with Gasteiger partial charge in [0, 0.05) is 42.9 Å². The van der Waals surface area contributed by atoms with Crippen LogP contribution in [0.2, 0.25) is 0 Å². The monoisotopic (exact) mass is 388 g/mol. The van der Waals surface area contributed by atoms with Crippen LogP contribution < -0.4 is 4.90 Å². The van der Waals surface area contributed by atoms with E-state index in [2.05, 4.69) is 32.6 Å². The molecule has 7 nitrogen and oxygen atoms in total. The summed E-state index contributed by atoms with van der Waals surface area (Å²) >= 11 is 0. The third kappa shape index (κ3) is 3.95. The summed E-state index contributed by atoms with van der Waals surface area (Å²) in [6.45, 7) is 10.7. The number of aromatic nitrogens is 4. The highest BCUT2D eigenvalue weighted by molar-refractivity contribution is 5.64. The van der Waals surface area contributed by atoms with Gasteiger partial charge in [0.25, 0.3) is 0 Å². The Hall–Kier alpha value is -3.32. The van der Waals surface area contributed by atoms with Crippen molar-refractivity contribution in [3.63, 3.8) is 0 Å². The molecular formula is C22H24N6O. The minimum atomic E-state index is 0.735. The number of hydrogen-bond acceptors (Lipinski definition) is 6. The lowest BCUT2D eigenvalue weighted by molar-refractivity contribution is 0.122. The number of anilines is 1. The summed E-state index contributed by atoms with van der Waals surface area (Å²) in [5, 5.41) is 0. The Morgan fingerprint density at radius 2 is 1.79 bits per heavy atom. The fraction of sp³-hybridized carbons (Fsp3) is 0.273. The van der Waals surface area contributed by atoms with Crippen LogP contribution in [0.3, 0.4) is 0 Å². The van der Waals surface area contributed by atoms with Gasteiger partial charge in [-0.05, 0) is 50.4 Å². The summed E-state index contributed by atoms with van der Waals surface area (Å²) in [6.07, 6.45) is 7.23. The van der Waals surface area contributed by atoms with Gasteiger partial charge in [0.05, 0.1) is 18.9 Å². The number of aryl methyl sites for hydroxylation is 1. The first-order chi connectivity index (χ1) is 14.2. The first-order valence-corrected chi connectivity index (χ1v) is 9.61. The van der Waals surface area contributed by atoms with E-state index in [4.69, 9.17) is 9.72 Å². The molecule has 0 radical (unpaired) electrons. The number of hydrogen-bond donors (Lipinski definition) is 0. The molecule has 1 saturated heterocycles. The van der Waals surface area contributed by atoms with Gasteiger partial charge in [-0.2, -0.15) is 0 Å². The lowest BCUT2D eigenvalue weighted by Gasteiger charge is -2.27. The summed E-state index contributed by atoms with van der Waals surface area (Å²) in [4.78, 5) is 20.2. The van der Waals surface area contributed by atoms with Gasteiger partial charge < -0.3 is 9.64 Å². The van der Waals surface area contributed by atoms with E-state index in [0.29, 0.717) is 0 Å². The predicted octanol–water partition coefficient (Wildman–Crippen LogP) is 3.45. The summed E-state index contributed by atoms with van der Waals surface area (Å²) in [6, 6.07) is 8.15. The van der Waals surface area contributed by atoms with Gasteiger partial charge in [-0.15, -0.1) is 0 Å². The summed E-state index contributed by atoms with van der Waals surface area (Å²) in [5.74, 6) is 2.57. The molecular weight excluding hydrogens is 364 g/mol. The zero-order chi connectivity index (χ0) is 20.2. The van der Waals surface area contributed by atoms with E-state index in [1.807, 2.05) is 55.1 Å². The van der Waals surface area contributed by atoms with Crippen molar-refractivity contribution < 1.29 is 4.74 Å². The first kappa shape index (κ1) is 19.0. The molecule has 4 rings (SSSR count). The van der Waals surface area contributed by atoms with Crippen LogP contribution in [-0.4, -0.2) is 52.5 Å². The molecule has 0 spiro atoms. The van der Waals surface area contributed by atoms with Crippen molar-refractivity contribution in [1.29, 1.82) is 0 Å². The van der Waals surface area contributed by atoms with Crippen molar-refractivity contribution in [2.24, 2.45) is 4.99 Å². The maximum atomic E-state index is 5.43. The fourth-order valence-corrected chi connectivity index (χ4v) is 3.36. The molecule has 0 amide bonds. The van der Waals surface area contributed by atoms with Crippen molar-refractivity contribution >= 4 is 18.6 Å². The zero-order valence-electron chi connectivity index (χ0n) is 16.7. The average molecular weight is 388 g/mol. The topological polar surface area (TPSA) is 68.4 Å². The van der Waals surface area contributed by atoms with Gasteiger partial charge in [-0.3, -0.25) is 9.56 Å². The Balaban J connectivity index is 1.76. The standard InChI is InChI=1S/C22H24N6O/c1-16-4-6-21(24-14-16)28-17(2)19(8-9-23-3)26-22(28)18-5-7-20(25-15-18)27-10-12-29-13-11-27/h4-9,14-15H,3,10-13H2,1-2H3/b9-8-. The second kappa shape index (κ2) is 8.36. The Bertz CT molecular complexity index is 1010. The summed E-state index contributed by atoms with van der Waals surface area (Å²) in [5.41, 5.74) is 3.85. The van der Waals surface area contributed by atoms with E-state index in [1.165, 1.54) is 0 Å². The number of nitrogens with zero attached hydrogens (tertiary/aromatic N) is 6. The van der Waals surface area contributed by atoms with Crippen LogP contribution in [0, 0.1) is 13.8 Å². The summed E-state index contributed by atoms with van der Waals surface area (Å²) < 4.78 is 7.48. The molecule has 7 heteroatoms. The van der Waals surface area contributed by atoms with Gasteiger partial charge in [0.2, 0.25) is 0 Å². The predicted molar refractivity (Wildman–Crippen MR) is 116 cm³/mol. The molecule has 1 aliphatic rings.